The summed E-state index contributed by atoms with van der Waals surface area (Å²) >= 11 is 17.5. The molecule has 0 heterocycles. The van der Waals surface area contributed by atoms with Crippen LogP contribution < -0.4 is 5.32 Å². The minimum atomic E-state index is -0.872. The monoisotopic (exact) mass is 281 g/mol. The summed E-state index contributed by atoms with van der Waals surface area (Å²) in [5, 5.41) is 12.8. The first kappa shape index (κ1) is 13.4. The molecule has 2 N–H and O–H groups in total. The van der Waals surface area contributed by atoms with E-state index in [-0.39, 0.29) is 6.54 Å². The van der Waals surface area contributed by atoms with Crippen LogP contribution in [0.4, 0.5) is 5.69 Å². The molecule has 0 fully saturated rings. The summed E-state index contributed by atoms with van der Waals surface area (Å²) in [6.45, 7) is 1.87. The molecule has 1 aromatic rings. The van der Waals surface area contributed by atoms with Crippen LogP contribution in [0, 0.1) is 5.92 Å². The minimum absolute atomic E-state index is 0.271. The molecule has 0 spiro atoms. The lowest BCUT2D eigenvalue weighted by Gasteiger charge is -2.11. The zero-order valence-electron chi connectivity index (χ0n) is 8.43. The van der Waals surface area contributed by atoms with Crippen LogP contribution in [0.2, 0.25) is 15.1 Å². The quantitative estimate of drug-likeness (QED) is 0.826. The minimum Gasteiger partial charge on any atom is -0.481 e. The summed E-state index contributed by atoms with van der Waals surface area (Å²) < 4.78 is 0. The summed E-state index contributed by atoms with van der Waals surface area (Å²) in [5.41, 5.74) is 0.573. The molecule has 0 radical (unpaired) electrons. The lowest BCUT2D eigenvalue weighted by molar-refractivity contribution is -0.140. The SMILES string of the molecule is CC(CNc1cc(Cl)c(Cl)cc1Cl)C(=O)O. The van der Waals surface area contributed by atoms with Gasteiger partial charge in [-0.1, -0.05) is 41.7 Å². The van der Waals surface area contributed by atoms with Gasteiger partial charge in [0.05, 0.1) is 26.7 Å². The Labute approximate surface area is 108 Å². The van der Waals surface area contributed by atoms with E-state index in [1.165, 1.54) is 6.07 Å². The van der Waals surface area contributed by atoms with E-state index in [9.17, 15) is 4.79 Å². The molecule has 3 nitrogen and oxygen atoms in total. The van der Waals surface area contributed by atoms with Gasteiger partial charge in [0.25, 0.3) is 0 Å². The molecule has 0 aliphatic rings. The summed E-state index contributed by atoms with van der Waals surface area (Å²) in [5.74, 6) is -1.38. The molecule has 6 heteroatoms. The highest BCUT2D eigenvalue weighted by Crippen LogP contribution is 2.32. The van der Waals surface area contributed by atoms with Crippen molar-refractivity contribution in [3.05, 3.63) is 27.2 Å². The molecule has 1 atom stereocenters. The van der Waals surface area contributed by atoms with Crippen LogP contribution in [-0.2, 0) is 4.79 Å². The lowest BCUT2D eigenvalue weighted by atomic mass is 10.2. The largest absolute Gasteiger partial charge is 0.481 e. The molecule has 1 rings (SSSR count). The van der Waals surface area contributed by atoms with Gasteiger partial charge in [0.15, 0.2) is 0 Å². The van der Waals surface area contributed by atoms with Crippen LogP contribution in [0.25, 0.3) is 0 Å². The van der Waals surface area contributed by atoms with Crippen LogP contribution in [0.15, 0.2) is 12.1 Å². The topological polar surface area (TPSA) is 49.3 Å². The second-order valence-corrected chi connectivity index (χ2v) is 4.59. The van der Waals surface area contributed by atoms with Crippen molar-refractivity contribution in [1.82, 2.24) is 0 Å². The van der Waals surface area contributed by atoms with Crippen molar-refractivity contribution in [2.45, 2.75) is 6.92 Å². The number of anilines is 1. The molecular weight excluding hydrogens is 272 g/mol. The van der Waals surface area contributed by atoms with Gasteiger partial charge in [0.2, 0.25) is 0 Å². The van der Waals surface area contributed by atoms with Crippen LogP contribution in [0.3, 0.4) is 0 Å². The highest BCUT2D eigenvalue weighted by Gasteiger charge is 2.12. The Morgan fingerprint density at radius 2 is 1.88 bits per heavy atom. The summed E-state index contributed by atoms with van der Waals surface area (Å²) in [6, 6.07) is 3.08. The molecule has 88 valence electrons. The van der Waals surface area contributed by atoms with Crippen LogP contribution >= 0.6 is 34.8 Å². The Bertz CT molecular complexity index is 409. The molecule has 0 aliphatic heterocycles. The number of hydrogen-bond acceptors (Lipinski definition) is 2. The highest BCUT2D eigenvalue weighted by atomic mass is 35.5. The molecular formula is C10H10Cl3NO2. The van der Waals surface area contributed by atoms with Crippen molar-refractivity contribution in [1.29, 1.82) is 0 Å². The first-order chi connectivity index (χ1) is 7.41. The number of hydrogen-bond donors (Lipinski definition) is 2. The molecule has 0 aliphatic carbocycles. The molecule has 0 amide bonds. The molecule has 1 aromatic carbocycles. The number of carboxylic acids is 1. The molecule has 0 bridgehead atoms. The number of carboxylic acid groups (broad SMARTS) is 1. The van der Waals surface area contributed by atoms with Crippen LogP contribution in [-0.4, -0.2) is 17.6 Å². The first-order valence-corrected chi connectivity index (χ1v) is 5.66. The van der Waals surface area contributed by atoms with Gasteiger partial charge in [-0.05, 0) is 12.1 Å². The number of halogens is 3. The number of rotatable bonds is 4. The summed E-state index contributed by atoms with van der Waals surface area (Å²) in [4.78, 5) is 10.6. The fourth-order valence-corrected chi connectivity index (χ4v) is 1.62. The van der Waals surface area contributed by atoms with Gasteiger partial charge in [0, 0.05) is 6.54 Å². The number of carbonyl (C=O) groups is 1. The van der Waals surface area contributed by atoms with Gasteiger partial charge in [-0.3, -0.25) is 4.79 Å². The third-order valence-electron chi connectivity index (χ3n) is 2.03. The zero-order chi connectivity index (χ0) is 12.3. The maximum atomic E-state index is 10.6. The molecule has 0 saturated heterocycles. The van der Waals surface area contributed by atoms with E-state index >= 15 is 0 Å². The maximum Gasteiger partial charge on any atom is 0.308 e. The Kier molecular flexibility index (Phi) is 4.71. The van der Waals surface area contributed by atoms with E-state index in [0.29, 0.717) is 20.8 Å². The third kappa shape index (κ3) is 3.44. The second-order valence-electron chi connectivity index (χ2n) is 3.37. The zero-order valence-corrected chi connectivity index (χ0v) is 10.7. The Morgan fingerprint density at radius 3 is 2.44 bits per heavy atom. The highest BCUT2D eigenvalue weighted by molar-refractivity contribution is 6.44. The van der Waals surface area contributed by atoms with Gasteiger partial charge >= 0.3 is 5.97 Å². The second kappa shape index (κ2) is 5.62. The van der Waals surface area contributed by atoms with Crippen molar-refractivity contribution in [2.24, 2.45) is 5.92 Å². The normalized spacial score (nSPS) is 12.2. The predicted molar refractivity (Wildman–Crippen MR) is 66.8 cm³/mol. The van der Waals surface area contributed by atoms with E-state index < -0.39 is 11.9 Å². The molecule has 0 saturated carbocycles. The third-order valence-corrected chi connectivity index (χ3v) is 3.07. The van der Waals surface area contributed by atoms with E-state index in [4.69, 9.17) is 39.9 Å². The summed E-state index contributed by atoms with van der Waals surface area (Å²) in [7, 11) is 0. The van der Waals surface area contributed by atoms with E-state index in [1.807, 2.05) is 0 Å². The van der Waals surface area contributed by atoms with Gasteiger partial charge < -0.3 is 10.4 Å². The average molecular weight is 283 g/mol. The van der Waals surface area contributed by atoms with Gasteiger partial charge in [0.1, 0.15) is 0 Å². The van der Waals surface area contributed by atoms with Crippen molar-refractivity contribution in [2.75, 3.05) is 11.9 Å². The lowest BCUT2D eigenvalue weighted by Crippen LogP contribution is -2.19. The standard InChI is InChI=1S/C10H10Cl3NO2/c1-5(10(15)16)4-14-9-3-7(12)6(11)2-8(9)13/h2-3,5,14H,4H2,1H3,(H,15,16). The van der Waals surface area contributed by atoms with E-state index in [2.05, 4.69) is 5.32 Å². The van der Waals surface area contributed by atoms with Gasteiger partial charge in [-0.25, -0.2) is 0 Å². The fourth-order valence-electron chi connectivity index (χ4n) is 1.01. The van der Waals surface area contributed by atoms with Crippen molar-refractivity contribution in [3.8, 4) is 0 Å². The van der Waals surface area contributed by atoms with Gasteiger partial charge in [-0.2, -0.15) is 0 Å². The smallest absolute Gasteiger partial charge is 0.308 e. The number of aliphatic carboxylic acids is 1. The van der Waals surface area contributed by atoms with E-state index in [1.54, 1.807) is 13.0 Å². The molecule has 1 unspecified atom stereocenters. The Morgan fingerprint density at radius 1 is 1.31 bits per heavy atom. The van der Waals surface area contributed by atoms with Crippen LogP contribution in [0.5, 0.6) is 0 Å². The Hall–Kier alpha value is -0.640. The maximum absolute atomic E-state index is 10.6. The van der Waals surface area contributed by atoms with Crippen molar-refractivity contribution < 1.29 is 9.90 Å². The van der Waals surface area contributed by atoms with Gasteiger partial charge in [-0.15, -0.1) is 0 Å². The first-order valence-electron chi connectivity index (χ1n) is 4.53. The fraction of sp³-hybridized carbons (Fsp3) is 0.300. The Balaban J connectivity index is 2.74. The van der Waals surface area contributed by atoms with Crippen molar-refractivity contribution in [3.63, 3.8) is 0 Å². The van der Waals surface area contributed by atoms with E-state index in [0.717, 1.165) is 0 Å². The molecule has 16 heavy (non-hydrogen) atoms. The number of benzene rings is 1. The van der Waals surface area contributed by atoms with Crippen molar-refractivity contribution >= 4 is 46.5 Å². The average Bonchev–Trinajstić information content (AvgIpc) is 2.20. The predicted octanol–water partition coefficient (Wildman–Crippen LogP) is 3.78. The molecule has 0 aromatic heterocycles. The number of nitrogens with one attached hydrogen (secondary N) is 1. The summed E-state index contributed by atoms with van der Waals surface area (Å²) in [6.07, 6.45) is 0. The van der Waals surface area contributed by atoms with Crippen LogP contribution in [0.1, 0.15) is 6.92 Å².